The minimum absolute atomic E-state index is 0. The van der Waals surface area contributed by atoms with Gasteiger partial charge in [-0.3, -0.25) is 4.99 Å². The zero-order valence-corrected chi connectivity index (χ0v) is 19.1. The molecule has 2 heterocycles. The zero-order valence-electron chi connectivity index (χ0n) is 15.9. The summed E-state index contributed by atoms with van der Waals surface area (Å²) in [5.74, 6) is 1.47. The molecule has 0 saturated carbocycles. The summed E-state index contributed by atoms with van der Waals surface area (Å²) in [7, 11) is 1.79. The first kappa shape index (κ1) is 22.7. The monoisotopic (exact) mass is 488 g/mol. The smallest absolute Gasteiger partial charge is 0.218 e. The van der Waals surface area contributed by atoms with Crippen molar-refractivity contribution in [2.45, 2.75) is 46.2 Å². The zero-order chi connectivity index (χ0) is 18.1. The van der Waals surface area contributed by atoms with Gasteiger partial charge in [0.15, 0.2) is 5.96 Å². The highest BCUT2D eigenvalue weighted by molar-refractivity contribution is 14.0. The number of halogens is 1. The maximum atomic E-state index is 5.70. The van der Waals surface area contributed by atoms with Crippen molar-refractivity contribution in [3.63, 3.8) is 0 Å². The number of thiophene rings is 1. The van der Waals surface area contributed by atoms with Crippen molar-refractivity contribution < 1.29 is 4.74 Å². The first-order chi connectivity index (χ1) is 12.1. The molecule has 7 heteroatoms. The van der Waals surface area contributed by atoms with Crippen molar-refractivity contribution in [2.75, 3.05) is 13.7 Å². The predicted molar refractivity (Wildman–Crippen MR) is 121 cm³/mol. The lowest BCUT2D eigenvalue weighted by Crippen LogP contribution is -2.42. The topological polar surface area (TPSA) is 58.5 Å². The SMILES string of the molecule is CCCOc1ncccc1CNC(=NC)NC(C)Cc1ccc(C)s1.I. The molecule has 144 valence electrons. The van der Waals surface area contributed by atoms with Crippen LogP contribution in [0.25, 0.3) is 0 Å². The van der Waals surface area contributed by atoms with Crippen LogP contribution in [0.3, 0.4) is 0 Å². The van der Waals surface area contributed by atoms with Crippen LogP contribution >= 0.6 is 35.3 Å². The number of ether oxygens (including phenoxy) is 1. The summed E-state index contributed by atoms with van der Waals surface area (Å²) >= 11 is 1.85. The summed E-state index contributed by atoms with van der Waals surface area (Å²) in [5.41, 5.74) is 1.03. The van der Waals surface area contributed by atoms with Crippen LogP contribution < -0.4 is 15.4 Å². The lowest BCUT2D eigenvalue weighted by molar-refractivity contribution is 0.301. The van der Waals surface area contributed by atoms with Crippen LogP contribution in [0.2, 0.25) is 0 Å². The van der Waals surface area contributed by atoms with Crippen molar-refractivity contribution >= 4 is 41.3 Å². The van der Waals surface area contributed by atoms with Gasteiger partial charge in [-0.15, -0.1) is 35.3 Å². The van der Waals surface area contributed by atoms with Gasteiger partial charge in [0.25, 0.3) is 0 Å². The first-order valence-corrected chi connectivity index (χ1v) is 9.53. The lowest BCUT2D eigenvalue weighted by Gasteiger charge is -2.18. The average Bonchev–Trinajstić information content (AvgIpc) is 3.02. The Morgan fingerprint density at radius 3 is 2.81 bits per heavy atom. The fourth-order valence-electron chi connectivity index (χ4n) is 2.44. The number of nitrogens with one attached hydrogen (secondary N) is 2. The van der Waals surface area contributed by atoms with Gasteiger partial charge in [0.1, 0.15) is 0 Å². The normalized spacial score (nSPS) is 12.2. The van der Waals surface area contributed by atoms with Gasteiger partial charge >= 0.3 is 0 Å². The van der Waals surface area contributed by atoms with E-state index in [9.17, 15) is 0 Å². The Morgan fingerprint density at radius 1 is 1.35 bits per heavy atom. The molecule has 26 heavy (non-hydrogen) atoms. The molecule has 5 nitrogen and oxygen atoms in total. The second kappa shape index (κ2) is 12.1. The summed E-state index contributed by atoms with van der Waals surface area (Å²) in [5, 5.41) is 6.79. The minimum Gasteiger partial charge on any atom is -0.477 e. The van der Waals surface area contributed by atoms with E-state index in [0.29, 0.717) is 25.1 Å². The van der Waals surface area contributed by atoms with Crippen molar-refractivity contribution in [3.8, 4) is 5.88 Å². The van der Waals surface area contributed by atoms with Crippen molar-refractivity contribution in [3.05, 3.63) is 45.8 Å². The Bertz CT molecular complexity index is 690. The van der Waals surface area contributed by atoms with Crippen molar-refractivity contribution in [1.82, 2.24) is 15.6 Å². The molecule has 2 rings (SSSR count). The Morgan fingerprint density at radius 2 is 2.15 bits per heavy atom. The molecule has 1 unspecified atom stereocenters. The predicted octanol–water partition coefficient (Wildman–Crippen LogP) is 4.15. The molecule has 0 bridgehead atoms. The standard InChI is InChI=1S/C19H28N4OS.HI/c1-5-11-24-18-16(7-6-10-21-18)13-22-19(20-4)23-14(2)12-17-9-8-15(3)25-17;/h6-10,14H,5,11-13H2,1-4H3,(H2,20,22,23);1H. The van der Waals surface area contributed by atoms with E-state index in [1.165, 1.54) is 9.75 Å². The molecule has 0 saturated heterocycles. The summed E-state index contributed by atoms with van der Waals surface area (Å²) in [6.07, 6.45) is 3.70. The summed E-state index contributed by atoms with van der Waals surface area (Å²) in [6.45, 7) is 7.69. The maximum absolute atomic E-state index is 5.70. The average molecular weight is 488 g/mol. The van der Waals surface area contributed by atoms with E-state index in [1.54, 1.807) is 13.2 Å². The van der Waals surface area contributed by atoms with Crippen LogP contribution in [0.4, 0.5) is 0 Å². The Labute approximate surface area is 177 Å². The number of nitrogens with zero attached hydrogens (tertiary/aromatic N) is 2. The van der Waals surface area contributed by atoms with Gasteiger partial charge in [-0.2, -0.15) is 0 Å². The first-order valence-electron chi connectivity index (χ1n) is 8.71. The van der Waals surface area contributed by atoms with Crippen LogP contribution in [-0.4, -0.2) is 30.6 Å². The highest BCUT2D eigenvalue weighted by Crippen LogP contribution is 2.17. The van der Waals surface area contributed by atoms with E-state index in [4.69, 9.17) is 4.74 Å². The van der Waals surface area contributed by atoms with Gasteiger partial charge in [0.2, 0.25) is 5.88 Å². The number of pyridine rings is 1. The molecule has 0 spiro atoms. The van der Waals surface area contributed by atoms with Gasteiger partial charge in [-0.05, 0) is 38.5 Å². The second-order valence-electron chi connectivity index (χ2n) is 6.00. The van der Waals surface area contributed by atoms with Crippen LogP contribution in [0.1, 0.15) is 35.6 Å². The minimum atomic E-state index is 0. The van der Waals surface area contributed by atoms with E-state index in [0.717, 1.165) is 24.4 Å². The molecule has 0 aliphatic rings. The Hall–Kier alpha value is -1.35. The lowest BCUT2D eigenvalue weighted by atomic mass is 10.2. The van der Waals surface area contributed by atoms with E-state index >= 15 is 0 Å². The second-order valence-corrected chi connectivity index (χ2v) is 7.38. The summed E-state index contributed by atoms with van der Waals surface area (Å²) < 4.78 is 5.70. The van der Waals surface area contributed by atoms with Gasteiger partial charge in [-0.25, -0.2) is 4.98 Å². The van der Waals surface area contributed by atoms with Crippen LogP contribution in [0.15, 0.2) is 35.5 Å². The molecule has 0 fully saturated rings. The van der Waals surface area contributed by atoms with Crippen molar-refractivity contribution in [1.29, 1.82) is 0 Å². The molecular weight excluding hydrogens is 459 g/mol. The third kappa shape index (κ3) is 7.49. The van der Waals surface area contributed by atoms with Crippen LogP contribution in [-0.2, 0) is 13.0 Å². The molecule has 2 N–H and O–H groups in total. The highest BCUT2D eigenvalue weighted by Gasteiger charge is 2.09. The van der Waals surface area contributed by atoms with E-state index in [2.05, 4.69) is 53.5 Å². The largest absolute Gasteiger partial charge is 0.477 e. The third-order valence-electron chi connectivity index (χ3n) is 3.65. The number of hydrogen-bond acceptors (Lipinski definition) is 4. The van der Waals surface area contributed by atoms with E-state index in [-0.39, 0.29) is 24.0 Å². The Kier molecular flexibility index (Phi) is 10.6. The van der Waals surface area contributed by atoms with E-state index in [1.807, 2.05) is 23.5 Å². The molecule has 0 aliphatic carbocycles. The van der Waals surface area contributed by atoms with Crippen molar-refractivity contribution in [2.24, 2.45) is 4.99 Å². The molecule has 0 amide bonds. The quantitative estimate of drug-likeness (QED) is 0.333. The van der Waals surface area contributed by atoms with E-state index < -0.39 is 0 Å². The molecule has 1 atom stereocenters. The molecule has 0 aromatic carbocycles. The number of hydrogen-bond donors (Lipinski definition) is 2. The van der Waals surface area contributed by atoms with Crippen LogP contribution in [0, 0.1) is 6.92 Å². The van der Waals surface area contributed by atoms with Crippen LogP contribution in [0.5, 0.6) is 5.88 Å². The third-order valence-corrected chi connectivity index (χ3v) is 4.67. The fraction of sp³-hybridized carbons (Fsp3) is 0.474. The van der Waals surface area contributed by atoms with Gasteiger partial charge < -0.3 is 15.4 Å². The number of aliphatic imine (C=N–C) groups is 1. The van der Waals surface area contributed by atoms with Gasteiger partial charge in [0.05, 0.1) is 6.61 Å². The molecule has 2 aromatic heterocycles. The Balaban J connectivity index is 0.00000338. The summed E-state index contributed by atoms with van der Waals surface area (Å²) in [6, 6.07) is 8.61. The number of aromatic nitrogens is 1. The maximum Gasteiger partial charge on any atom is 0.218 e. The number of aryl methyl sites for hydroxylation is 1. The fourth-order valence-corrected chi connectivity index (χ4v) is 3.46. The number of guanidine groups is 1. The van der Waals surface area contributed by atoms with Gasteiger partial charge in [0, 0.05) is 47.6 Å². The summed E-state index contributed by atoms with van der Waals surface area (Å²) in [4.78, 5) is 11.4. The number of rotatable bonds is 8. The molecule has 0 aliphatic heterocycles. The molecular formula is C19H29IN4OS. The molecule has 0 radical (unpaired) electrons. The highest BCUT2D eigenvalue weighted by atomic mass is 127. The molecule has 2 aromatic rings. The van der Waals surface area contributed by atoms with Gasteiger partial charge in [-0.1, -0.05) is 13.0 Å².